The highest BCUT2D eigenvalue weighted by Crippen LogP contribution is 2.08. The number of carbonyl (C=O) groups is 2. The van der Waals surface area contributed by atoms with E-state index in [1.54, 1.807) is 6.92 Å². The Morgan fingerprint density at radius 2 is 1.53 bits per heavy atom. The fourth-order valence-electron chi connectivity index (χ4n) is 1.30. The van der Waals surface area contributed by atoms with Gasteiger partial charge in [0.05, 0.1) is 6.61 Å². The molecule has 0 radical (unpaired) electrons. The fraction of sp³-hybridized carbons (Fsp3) is 0.818. The Balaban J connectivity index is 3.11. The van der Waals surface area contributed by atoms with E-state index >= 15 is 0 Å². The first-order valence-corrected chi connectivity index (χ1v) is 5.88. The summed E-state index contributed by atoms with van der Waals surface area (Å²) in [6.07, 6.45) is 5.73. The first-order valence-electron chi connectivity index (χ1n) is 5.50. The zero-order valence-electron chi connectivity index (χ0n) is 9.26. The smallest absolute Gasteiger partial charge is 0.305 e. The normalized spacial score (nSPS) is 10.0. The van der Waals surface area contributed by atoms with Gasteiger partial charge in [0.25, 0.3) is 0 Å². The second-order valence-electron chi connectivity index (χ2n) is 3.43. The molecule has 0 aromatic rings. The monoisotopic (exact) mass is 234 g/mol. The molecule has 15 heavy (non-hydrogen) atoms. The molecule has 0 atom stereocenters. The number of carbonyl (C=O) groups excluding carboxylic acids is 2. The molecule has 88 valence electrons. The van der Waals surface area contributed by atoms with Crippen LogP contribution in [0.25, 0.3) is 0 Å². The number of hydrogen-bond donors (Lipinski definition) is 0. The van der Waals surface area contributed by atoms with Crippen molar-refractivity contribution in [1.82, 2.24) is 0 Å². The van der Waals surface area contributed by atoms with Crippen LogP contribution in [0.1, 0.15) is 51.9 Å². The van der Waals surface area contributed by atoms with E-state index in [2.05, 4.69) is 0 Å². The van der Waals surface area contributed by atoms with Gasteiger partial charge in [0.1, 0.15) is 0 Å². The average Bonchev–Trinajstić information content (AvgIpc) is 2.16. The minimum atomic E-state index is -0.262. The summed E-state index contributed by atoms with van der Waals surface area (Å²) in [5.74, 6) is -0.117. The largest absolute Gasteiger partial charge is 0.466 e. The van der Waals surface area contributed by atoms with Crippen molar-refractivity contribution in [3.8, 4) is 0 Å². The molecule has 0 amide bonds. The Morgan fingerprint density at radius 3 is 2.07 bits per heavy atom. The maximum Gasteiger partial charge on any atom is 0.305 e. The minimum Gasteiger partial charge on any atom is -0.466 e. The van der Waals surface area contributed by atoms with E-state index in [9.17, 15) is 9.59 Å². The molecule has 0 unspecified atom stereocenters. The molecule has 0 saturated heterocycles. The van der Waals surface area contributed by atoms with E-state index in [0.29, 0.717) is 19.4 Å². The van der Waals surface area contributed by atoms with Gasteiger partial charge in [-0.05, 0) is 31.4 Å². The molecule has 0 spiro atoms. The van der Waals surface area contributed by atoms with Crippen molar-refractivity contribution in [2.24, 2.45) is 0 Å². The van der Waals surface area contributed by atoms with Crippen LogP contribution < -0.4 is 0 Å². The summed E-state index contributed by atoms with van der Waals surface area (Å²) in [4.78, 5) is 21.3. The lowest BCUT2D eigenvalue weighted by Crippen LogP contribution is -2.03. The molecule has 0 N–H and O–H groups in total. The van der Waals surface area contributed by atoms with E-state index in [0.717, 1.165) is 32.1 Å². The number of halogens is 1. The van der Waals surface area contributed by atoms with Crippen molar-refractivity contribution in [3.05, 3.63) is 0 Å². The van der Waals surface area contributed by atoms with Crippen LogP contribution in [0.2, 0.25) is 0 Å². The molecule has 0 fully saturated rings. The molecule has 0 bridgehead atoms. The summed E-state index contributed by atoms with van der Waals surface area (Å²) in [6.45, 7) is 2.26. The van der Waals surface area contributed by atoms with E-state index in [4.69, 9.17) is 16.3 Å². The molecule has 0 rings (SSSR count). The van der Waals surface area contributed by atoms with Gasteiger partial charge in [0.2, 0.25) is 5.24 Å². The van der Waals surface area contributed by atoms with Crippen molar-refractivity contribution in [1.29, 1.82) is 0 Å². The van der Waals surface area contributed by atoms with Crippen molar-refractivity contribution in [2.75, 3.05) is 6.61 Å². The molecule has 0 aromatic heterocycles. The molecule has 4 heteroatoms. The molecular formula is C11H19ClO3. The Kier molecular flexibility index (Phi) is 9.59. The van der Waals surface area contributed by atoms with E-state index in [-0.39, 0.29) is 11.2 Å². The van der Waals surface area contributed by atoms with E-state index in [1.165, 1.54) is 0 Å². The summed E-state index contributed by atoms with van der Waals surface area (Å²) < 4.78 is 4.80. The molecular weight excluding hydrogens is 216 g/mol. The predicted octanol–water partition coefficient (Wildman–Crippen LogP) is 3.05. The lowest BCUT2D eigenvalue weighted by Gasteiger charge is -2.01. The second kappa shape index (κ2) is 9.97. The Labute approximate surface area is 96.1 Å². The van der Waals surface area contributed by atoms with Crippen LogP contribution in [-0.4, -0.2) is 17.8 Å². The van der Waals surface area contributed by atoms with Crippen LogP contribution >= 0.6 is 11.6 Å². The van der Waals surface area contributed by atoms with Crippen LogP contribution in [0.4, 0.5) is 0 Å². The Bertz CT molecular complexity index is 192. The summed E-state index contributed by atoms with van der Waals surface area (Å²) >= 11 is 5.19. The maximum atomic E-state index is 10.9. The van der Waals surface area contributed by atoms with Crippen LogP contribution in [0.5, 0.6) is 0 Å². The van der Waals surface area contributed by atoms with Crippen molar-refractivity contribution < 1.29 is 14.3 Å². The molecule has 0 aliphatic carbocycles. The third-order valence-corrected chi connectivity index (χ3v) is 2.25. The van der Waals surface area contributed by atoms with Crippen LogP contribution in [0.3, 0.4) is 0 Å². The quantitative estimate of drug-likeness (QED) is 0.350. The minimum absolute atomic E-state index is 0.117. The Morgan fingerprint density at radius 1 is 1.00 bits per heavy atom. The number of hydrogen-bond acceptors (Lipinski definition) is 3. The fourth-order valence-corrected chi connectivity index (χ4v) is 1.43. The number of unbranched alkanes of at least 4 members (excludes halogenated alkanes) is 4. The average molecular weight is 235 g/mol. The van der Waals surface area contributed by atoms with Gasteiger partial charge in [0, 0.05) is 12.8 Å². The van der Waals surface area contributed by atoms with Gasteiger partial charge in [-0.25, -0.2) is 0 Å². The van der Waals surface area contributed by atoms with Gasteiger partial charge in [-0.2, -0.15) is 0 Å². The van der Waals surface area contributed by atoms with Gasteiger partial charge in [0.15, 0.2) is 0 Å². The van der Waals surface area contributed by atoms with E-state index < -0.39 is 0 Å². The third kappa shape index (κ3) is 11.4. The van der Waals surface area contributed by atoms with Gasteiger partial charge < -0.3 is 4.74 Å². The second-order valence-corrected chi connectivity index (χ2v) is 3.85. The van der Waals surface area contributed by atoms with Crippen LogP contribution in [-0.2, 0) is 14.3 Å². The molecule has 0 heterocycles. The lowest BCUT2D eigenvalue weighted by molar-refractivity contribution is -0.143. The highest BCUT2D eigenvalue weighted by atomic mass is 35.5. The topological polar surface area (TPSA) is 43.4 Å². The van der Waals surface area contributed by atoms with Gasteiger partial charge in [-0.3, -0.25) is 9.59 Å². The molecule has 0 aromatic carbocycles. The lowest BCUT2D eigenvalue weighted by atomic mass is 10.1. The van der Waals surface area contributed by atoms with Crippen molar-refractivity contribution in [3.63, 3.8) is 0 Å². The molecule has 0 aliphatic rings. The van der Waals surface area contributed by atoms with Crippen molar-refractivity contribution >= 4 is 22.8 Å². The maximum absolute atomic E-state index is 10.9. The summed E-state index contributed by atoms with van der Waals surface area (Å²) in [7, 11) is 0. The number of esters is 1. The SMILES string of the molecule is CCOC(=O)CCCCCCCC(=O)Cl. The number of ether oxygens (including phenoxy) is 1. The van der Waals surface area contributed by atoms with Gasteiger partial charge in [-0.1, -0.05) is 19.3 Å². The van der Waals surface area contributed by atoms with Crippen LogP contribution in [0.15, 0.2) is 0 Å². The van der Waals surface area contributed by atoms with Gasteiger partial charge >= 0.3 is 5.97 Å². The first kappa shape index (κ1) is 14.4. The summed E-state index contributed by atoms with van der Waals surface area (Å²) in [5, 5.41) is -0.262. The Hall–Kier alpha value is -0.570. The van der Waals surface area contributed by atoms with Gasteiger partial charge in [-0.15, -0.1) is 0 Å². The molecule has 3 nitrogen and oxygen atoms in total. The summed E-state index contributed by atoms with van der Waals surface area (Å²) in [6, 6.07) is 0. The molecule has 0 saturated carbocycles. The predicted molar refractivity (Wildman–Crippen MR) is 59.8 cm³/mol. The first-order chi connectivity index (χ1) is 7.16. The molecule has 0 aliphatic heterocycles. The van der Waals surface area contributed by atoms with Crippen LogP contribution in [0, 0.1) is 0 Å². The number of rotatable bonds is 9. The third-order valence-electron chi connectivity index (χ3n) is 2.06. The zero-order chi connectivity index (χ0) is 11.5. The highest BCUT2D eigenvalue weighted by molar-refractivity contribution is 6.63. The zero-order valence-corrected chi connectivity index (χ0v) is 10.0. The van der Waals surface area contributed by atoms with Crippen molar-refractivity contribution in [2.45, 2.75) is 51.9 Å². The summed E-state index contributed by atoms with van der Waals surface area (Å²) in [5.41, 5.74) is 0. The van der Waals surface area contributed by atoms with E-state index in [1.807, 2.05) is 0 Å². The highest BCUT2D eigenvalue weighted by Gasteiger charge is 2.01. The standard InChI is InChI=1S/C11H19ClO3/c1-2-15-11(14)9-7-5-3-4-6-8-10(12)13/h2-9H2,1H3.